The summed E-state index contributed by atoms with van der Waals surface area (Å²) in [5.41, 5.74) is 2.10. The molecule has 0 fully saturated rings. The number of methoxy groups -OCH3 is 1. The molecule has 0 aliphatic rings. The van der Waals surface area contributed by atoms with Crippen LogP contribution in [0.1, 0.15) is 12.5 Å². The zero-order chi connectivity index (χ0) is 13.0. The minimum atomic E-state index is -0.340. The van der Waals surface area contributed by atoms with Gasteiger partial charge < -0.3 is 15.2 Å². The van der Waals surface area contributed by atoms with Gasteiger partial charge in [0.1, 0.15) is 5.75 Å². The third-order valence-corrected chi connectivity index (χ3v) is 2.79. The number of fused-ring (bicyclic) bond motifs is 1. The molecule has 1 aromatic heterocycles. The van der Waals surface area contributed by atoms with E-state index in [9.17, 15) is 5.11 Å². The van der Waals surface area contributed by atoms with Gasteiger partial charge >= 0.3 is 0 Å². The van der Waals surface area contributed by atoms with Crippen LogP contribution in [0.15, 0.2) is 30.5 Å². The molecular weight excluding hydrogens is 228 g/mol. The first-order chi connectivity index (χ1) is 8.70. The molecule has 2 aromatic rings. The highest BCUT2D eigenvalue weighted by Gasteiger charge is 2.04. The lowest BCUT2D eigenvalue weighted by Crippen LogP contribution is -2.23. The molecule has 18 heavy (non-hydrogen) atoms. The molecule has 1 heterocycles. The lowest BCUT2D eigenvalue weighted by atomic mass is 10.1. The number of rotatable bonds is 5. The largest absolute Gasteiger partial charge is 0.497 e. The predicted molar refractivity (Wildman–Crippen MR) is 71.7 cm³/mol. The minimum Gasteiger partial charge on any atom is -0.497 e. The quantitative estimate of drug-likeness (QED) is 0.843. The van der Waals surface area contributed by atoms with Gasteiger partial charge in [-0.2, -0.15) is 0 Å². The van der Waals surface area contributed by atoms with Crippen LogP contribution in [-0.4, -0.2) is 29.8 Å². The van der Waals surface area contributed by atoms with E-state index < -0.39 is 0 Å². The summed E-state index contributed by atoms with van der Waals surface area (Å²) in [6.45, 7) is 3.05. The fourth-order valence-electron chi connectivity index (χ4n) is 1.88. The first-order valence-corrected chi connectivity index (χ1v) is 6.01. The molecule has 0 saturated heterocycles. The molecule has 0 aliphatic heterocycles. The van der Waals surface area contributed by atoms with Crippen LogP contribution in [0.3, 0.4) is 0 Å². The Morgan fingerprint density at radius 3 is 2.94 bits per heavy atom. The Balaban J connectivity index is 2.25. The Morgan fingerprint density at radius 2 is 2.22 bits per heavy atom. The molecule has 1 atom stereocenters. The number of benzene rings is 1. The Bertz CT molecular complexity index is 526. The van der Waals surface area contributed by atoms with Crippen LogP contribution in [-0.2, 0) is 6.54 Å². The molecule has 4 heteroatoms. The van der Waals surface area contributed by atoms with E-state index in [2.05, 4.69) is 10.3 Å². The normalized spacial score (nSPS) is 12.6. The van der Waals surface area contributed by atoms with Gasteiger partial charge in [-0.3, -0.25) is 4.98 Å². The van der Waals surface area contributed by atoms with Gasteiger partial charge in [-0.25, -0.2) is 0 Å². The zero-order valence-corrected chi connectivity index (χ0v) is 10.7. The number of pyridine rings is 1. The van der Waals surface area contributed by atoms with E-state index in [1.807, 2.05) is 24.3 Å². The molecule has 4 nitrogen and oxygen atoms in total. The Kier molecular flexibility index (Phi) is 4.12. The second-order valence-corrected chi connectivity index (χ2v) is 4.33. The van der Waals surface area contributed by atoms with E-state index in [0.29, 0.717) is 13.1 Å². The molecule has 0 bridgehead atoms. The molecule has 2 rings (SSSR count). The van der Waals surface area contributed by atoms with Gasteiger partial charge in [0.15, 0.2) is 0 Å². The standard InChI is InChI=1S/C14H18N2O2/c1-10(17)8-15-9-11-5-6-16-14-4-3-12(18-2)7-13(11)14/h3-7,10,15,17H,8-9H2,1-2H3. The highest BCUT2D eigenvalue weighted by Crippen LogP contribution is 2.22. The van der Waals surface area contributed by atoms with Gasteiger partial charge in [-0.1, -0.05) is 0 Å². The van der Waals surface area contributed by atoms with Crippen LogP contribution < -0.4 is 10.1 Å². The van der Waals surface area contributed by atoms with Crippen molar-refractivity contribution in [3.63, 3.8) is 0 Å². The molecule has 1 unspecified atom stereocenters. The van der Waals surface area contributed by atoms with Crippen LogP contribution in [0, 0.1) is 0 Å². The van der Waals surface area contributed by atoms with Gasteiger partial charge in [0.2, 0.25) is 0 Å². The van der Waals surface area contributed by atoms with E-state index in [1.165, 1.54) is 0 Å². The van der Waals surface area contributed by atoms with Crippen LogP contribution in [0.5, 0.6) is 5.75 Å². The average Bonchev–Trinajstić information content (AvgIpc) is 2.38. The Morgan fingerprint density at radius 1 is 1.39 bits per heavy atom. The first kappa shape index (κ1) is 12.8. The smallest absolute Gasteiger partial charge is 0.119 e. The minimum absolute atomic E-state index is 0.340. The van der Waals surface area contributed by atoms with Crippen molar-refractivity contribution < 1.29 is 9.84 Å². The maximum Gasteiger partial charge on any atom is 0.119 e. The van der Waals surface area contributed by atoms with Crippen molar-refractivity contribution in [3.8, 4) is 5.75 Å². The number of ether oxygens (including phenoxy) is 1. The number of nitrogens with one attached hydrogen (secondary N) is 1. The maximum absolute atomic E-state index is 9.23. The highest BCUT2D eigenvalue weighted by atomic mass is 16.5. The molecular formula is C14H18N2O2. The van der Waals surface area contributed by atoms with Gasteiger partial charge in [0.25, 0.3) is 0 Å². The van der Waals surface area contributed by atoms with Crippen molar-refractivity contribution in [1.29, 1.82) is 0 Å². The maximum atomic E-state index is 9.23. The summed E-state index contributed by atoms with van der Waals surface area (Å²) in [5.74, 6) is 0.826. The summed E-state index contributed by atoms with van der Waals surface area (Å²) in [4.78, 5) is 4.33. The summed E-state index contributed by atoms with van der Waals surface area (Å²) in [6.07, 6.45) is 1.46. The van der Waals surface area contributed by atoms with Gasteiger partial charge in [0.05, 0.1) is 18.7 Å². The molecule has 1 aromatic carbocycles. The summed E-state index contributed by atoms with van der Waals surface area (Å²) in [5, 5.41) is 13.5. The Hall–Kier alpha value is -1.65. The SMILES string of the molecule is COc1ccc2nccc(CNCC(C)O)c2c1. The van der Waals surface area contributed by atoms with Crippen LogP contribution in [0.25, 0.3) is 10.9 Å². The number of aliphatic hydroxyl groups excluding tert-OH is 1. The number of hydrogen-bond donors (Lipinski definition) is 2. The lowest BCUT2D eigenvalue weighted by Gasteiger charge is -2.10. The fourth-order valence-corrected chi connectivity index (χ4v) is 1.88. The number of hydrogen-bond acceptors (Lipinski definition) is 4. The Labute approximate surface area is 107 Å². The van der Waals surface area contributed by atoms with Gasteiger partial charge in [-0.05, 0) is 36.8 Å². The van der Waals surface area contributed by atoms with E-state index in [0.717, 1.165) is 22.2 Å². The second-order valence-electron chi connectivity index (χ2n) is 4.33. The van der Waals surface area contributed by atoms with Gasteiger partial charge in [0, 0.05) is 24.7 Å². The summed E-state index contributed by atoms with van der Waals surface area (Å²) < 4.78 is 5.23. The van der Waals surface area contributed by atoms with E-state index in [1.54, 1.807) is 20.2 Å². The van der Waals surface area contributed by atoms with Crippen LogP contribution >= 0.6 is 0 Å². The van der Waals surface area contributed by atoms with Crippen molar-refractivity contribution in [1.82, 2.24) is 10.3 Å². The summed E-state index contributed by atoms with van der Waals surface area (Å²) >= 11 is 0. The lowest BCUT2D eigenvalue weighted by molar-refractivity contribution is 0.191. The summed E-state index contributed by atoms with van der Waals surface area (Å²) in [7, 11) is 1.66. The van der Waals surface area contributed by atoms with Crippen LogP contribution in [0.2, 0.25) is 0 Å². The number of nitrogens with zero attached hydrogens (tertiary/aromatic N) is 1. The van der Waals surface area contributed by atoms with Crippen molar-refractivity contribution in [2.45, 2.75) is 19.6 Å². The van der Waals surface area contributed by atoms with Crippen molar-refractivity contribution >= 4 is 10.9 Å². The molecule has 0 radical (unpaired) electrons. The number of aliphatic hydroxyl groups is 1. The molecule has 0 saturated carbocycles. The third kappa shape index (κ3) is 2.97. The van der Waals surface area contributed by atoms with E-state index >= 15 is 0 Å². The molecule has 0 spiro atoms. The third-order valence-electron chi connectivity index (χ3n) is 2.79. The molecule has 0 aliphatic carbocycles. The topological polar surface area (TPSA) is 54.4 Å². The average molecular weight is 246 g/mol. The van der Waals surface area contributed by atoms with Crippen molar-refractivity contribution in [3.05, 3.63) is 36.0 Å². The van der Waals surface area contributed by atoms with Gasteiger partial charge in [-0.15, -0.1) is 0 Å². The van der Waals surface area contributed by atoms with E-state index in [4.69, 9.17) is 4.74 Å². The molecule has 0 amide bonds. The van der Waals surface area contributed by atoms with E-state index in [-0.39, 0.29) is 6.10 Å². The number of aromatic nitrogens is 1. The highest BCUT2D eigenvalue weighted by molar-refractivity contribution is 5.83. The zero-order valence-electron chi connectivity index (χ0n) is 10.7. The van der Waals surface area contributed by atoms with Crippen molar-refractivity contribution in [2.75, 3.05) is 13.7 Å². The summed E-state index contributed by atoms with van der Waals surface area (Å²) in [6, 6.07) is 7.83. The molecule has 2 N–H and O–H groups in total. The second kappa shape index (κ2) is 5.80. The van der Waals surface area contributed by atoms with Crippen LogP contribution in [0.4, 0.5) is 0 Å². The van der Waals surface area contributed by atoms with Crippen molar-refractivity contribution in [2.24, 2.45) is 0 Å². The monoisotopic (exact) mass is 246 g/mol. The predicted octanol–water partition coefficient (Wildman–Crippen LogP) is 1.71. The fraction of sp³-hybridized carbons (Fsp3) is 0.357. The molecule has 96 valence electrons. The first-order valence-electron chi connectivity index (χ1n) is 6.01.